The Morgan fingerprint density at radius 1 is 1.09 bits per heavy atom. The van der Waals surface area contributed by atoms with E-state index in [2.05, 4.69) is 29.5 Å². The monoisotopic (exact) mass is 638 g/mol. The highest BCUT2D eigenvalue weighted by Crippen LogP contribution is 2.23. The summed E-state index contributed by atoms with van der Waals surface area (Å²) in [6.07, 6.45) is -4.80. The molecule has 0 saturated carbocycles. The first kappa shape index (κ1) is 40.6. The molecule has 1 aliphatic heterocycles. The second-order valence-corrected chi connectivity index (χ2v) is 9.54. The number of nitrogens with one attached hydrogen (secondary N) is 3. The summed E-state index contributed by atoms with van der Waals surface area (Å²) in [4.78, 5) is 18.4. The van der Waals surface area contributed by atoms with E-state index in [1.807, 2.05) is 53.7 Å². The molecule has 2 aromatic carbocycles. The van der Waals surface area contributed by atoms with E-state index in [-0.39, 0.29) is 12.4 Å². The van der Waals surface area contributed by atoms with Gasteiger partial charge < -0.3 is 16.4 Å². The number of carbonyl (C=O) groups excluding carboxylic acids is 1. The molecule has 2 aromatic rings. The van der Waals surface area contributed by atoms with E-state index >= 15 is 0 Å². The van der Waals surface area contributed by atoms with Crippen LogP contribution in [0.2, 0.25) is 5.02 Å². The summed E-state index contributed by atoms with van der Waals surface area (Å²) in [5.74, 6) is -0.0179. The molecule has 1 heterocycles. The Morgan fingerprint density at radius 3 is 2.25 bits per heavy atom. The van der Waals surface area contributed by atoms with E-state index < -0.39 is 25.2 Å². The molecule has 11 heteroatoms. The van der Waals surface area contributed by atoms with E-state index in [0.717, 1.165) is 16.9 Å². The molecule has 5 N–H and O–H groups in total. The number of halogens is 4. The van der Waals surface area contributed by atoms with Crippen molar-refractivity contribution in [3.8, 4) is 0 Å². The van der Waals surface area contributed by atoms with Crippen LogP contribution < -0.4 is 16.4 Å². The quantitative estimate of drug-likeness (QED) is 0.171. The van der Waals surface area contributed by atoms with Crippen LogP contribution in [-0.2, 0) is 0 Å². The maximum absolute atomic E-state index is 13.0. The van der Waals surface area contributed by atoms with Gasteiger partial charge in [0.2, 0.25) is 0 Å². The van der Waals surface area contributed by atoms with Crippen LogP contribution in [0, 0.1) is 5.41 Å². The van der Waals surface area contributed by atoms with Crippen molar-refractivity contribution in [2.75, 3.05) is 26.2 Å². The average Bonchev–Trinajstić information content (AvgIpc) is 3.50. The van der Waals surface area contributed by atoms with Gasteiger partial charge in [0.25, 0.3) is 0 Å². The average molecular weight is 639 g/mol. The Kier molecular flexibility index (Phi) is 19.7. The summed E-state index contributed by atoms with van der Waals surface area (Å²) >= 11 is 6.03. The predicted octanol–water partition coefficient (Wildman–Crippen LogP) is 8.81. The highest BCUT2D eigenvalue weighted by molar-refractivity contribution is 6.30. The molecule has 3 rings (SSSR count). The number of amidine groups is 1. The van der Waals surface area contributed by atoms with Crippen molar-refractivity contribution in [3.63, 3.8) is 0 Å². The molecule has 1 atom stereocenters. The third-order valence-corrected chi connectivity index (χ3v) is 6.57. The fourth-order valence-corrected chi connectivity index (χ4v) is 4.09. The molecule has 2 amide bonds. The molecule has 7 nitrogen and oxygen atoms in total. The lowest BCUT2D eigenvalue weighted by molar-refractivity contribution is -0.135. The van der Waals surface area contributed by atoms with Gasteiger partial charge in [-0.05, 0) is 36.1 Å². The smallest absolute Gasteiger partial charge is 0.390 e. The van der Waals surface area contributed by atoms with Gasteiger partial charge in [-0.15, -0.1) is 0 Å². The highest BCUT2D eigenvalue weighted by Gasteiger charge is 2.31. The molecule has 1 fully saturated rings. The number of amides is 2. The first-order valence-electron chi connectivity index (χ1n) is 15.3. The Labute approximate surface area is 266 Å². The summed E-state index contributed by atoms with van der Waals surface area (Å²) in [5.41, 5.74) is 10.0. The molecule has 0 bridgehead atoms. The molecule has 0 aromatic heterocycles. The van der Waals surface area contributed by atoms with E-state index in [9.17, 15) is 18.0 Å². The van der Waals surface area contributed by atoms with Crippen LogP contribution >= 0.6 is 11.6 Å². The van der Waals surface area contributed by atoms with Crippen LogP contribution in [0.25, 0.3) is 0 Å². The standard InChI is InChI=1S/C27H32ClF3N6O.3C2H6/c1-3-17(2)18-7-9-19(10-8-18)25(33)37(12-11-27(29,30)31)26(38)35-15-23(32)22-14-34-16-24(22)36-21-6-4-5-20(28)13-21;3*1-2/h4-10,13,17,33-34H,3,11-12,14-16,32H2,1-2H3,(H,35,38);3*1-2H3/b23-22-,33-25?,36-24?;;;. The van der Waals surface area contributed by atoms with Crippen LogP contribution in [0.1, 0.15) is 85.3 Å². The van der Waals surface area contributed by atoms with Gasteiger partial charge in [0.05, 0.1) is 24.4 Å². The van der Waals surface area contributed by atoms with Crippen molar-refractivity contribution in [3.05, 3.63) is 76.0 Å². The zero-order valence-electron chi connectivity index (χ0n) is 27.3. The SMILES string of the molecule is CC.CC.CC.CCC(C)c1ccc(C(=N)N(CCC(F)(F)F)C(=O)NC/C(N)=C2\CNCC2=Nc2cccc(Cl)c2)cc1. The zero-order valence-corrected chi connectivity index (χ0v) is 28.1. The third kappa shape index (κ3) is 13.5. The molecule has 246 valence electrons. The second kappa shape index (κ2) is 21.4. The van der Waals surface area contributed by atoms with Gasteiger partial charge in [0.15, 0.2) is 0 Å². The van der Waals surface area contributed by atoms with E-state index in [4.69, 9.17) is 22.7 Å². The minimum Gasteiger partial charge on any atom is -0.400 e. The number of hydrogen-bond donors (Lipinski definition) is 4. The maximum Gasteiger partial charge on any atom is 0.390 e. The highest BCUT2D eigenvalue weighted by atomic mass is 35.5. The van der Waals surface area contributed by atoms with Crippen molar-refractivity contribution >= 4 is 34.9 Å². The number of rotatable bonds is 8. The maximum atomic E-state index is 13.0. The summed E-state index contributed by atoms with van der Waals surface area (Å²) in [6.45, 7) is 16.2. The molecular weight excluding hydrogens is 589 g/mol. The Balaban J connectivity index is 0.00000290. The summed E-state index contributed by atoms with van der Waals surface area (Å²) in [6, 6.07) is 13.1. The van der Waals surface area contributed by atoms with Crippen LogP contribution in [0.15, 0.2) is 64.8 Å². The number of urea groups is 1. The van der Waals surface area contributed by atoms with Gasteiger partial charge in [-0.1, -0.05) is 97.3 Å². The van der Waals surface area contributed by atoms with E-state index in [0.29, 0.717) is 52.3 Å². The molecule has 1 saturated heterocycles. The van der Waals surface area contributed by atoms with Gasteiger partial charge in [0.1, 0.15) is 5.84 Å². The minimum absolute atomic E-state index is 0.118. The summed E-state index contributed by atoms with van der Waals surface area (Å²) in [7, 11) is 0. The first-order chi connectivity index (χ1) is 21.0. The Bertz CT molecular complexity index is 1210. The molecule has 0 aliphatic carbocycles. The number of benzene rings is 2. The molecular formula is C33H50ClF3N6O. The number of nitrogens with two attached hydrogens (primary N) is 1. The molecule has 0 spiro atoms. The summed E-state index contributed by atoms with van der Waals surface area (Å²) < 4.78 is 39.0. The predicted molar refractivity (Wildman–Crippen MR) is 179 cm³/mol. The molecule has 1 aliphatic rings. The second-order valence-electron chi connectivity index (χ2n) is 9.10. The van der Waals surface area contributed by atoms with Crippen LogP contribution in [0.5, 0.6) is 0 Å². The lowest BCUT2D eigenvalue weighted by atomic mass is 9.97. The van der Waals surface area contributed by atoms with Crippen molar-refractivity contribution in [2.45, 2.75) is 80.3 Å². The van der Waals surface area contributed by atoms with Crippen molar-refractivity contribution < 1.29 is 18.0 Å². The van der Waals surface area contributed by atoms with E-state index in [1.54, 1.807) is 36.4 Å². The first-order valence-corrected chi connectivity index (χ1v) is 15.7. The van der Waals surface area contributed by atoms with Crippen molar-refractivity contribution in [1.29, 1.82) is 5.41 Å². The van der Waals surface area contributed by atoms with Crippen LogP contribution in [-0.4, -0.2) is 54.8 Å². The number of alkyl halides is 3. The van der Waals surface area contributed by atoms with Gasteiger partial charge in [0, 0.05) is 41.5 Å². The lowest BCUT2D eigenvalue weighted by Crippen LogP contribution is -2.46. The fraction of sp³-hybridized carbons (Fsp3) is 0.485. The molecule has 0 radical (unpaired) electrons. The minimum atomic E-state index is -4.48. The van der Waals surface area contributed by atoms with Gasteiger partial charge in [-0.3, -0.25) is 15.3 Å². The third-order valence-electron chi connectivity index (χ3n) is 6.33. The fourth-order valence-electron chi connectivity index (χ4n) is 3.91. The lowest BCUT2D eigenvalue weighted by Gasteiger charge is -2.25. The number of carbonyl (C=O) groups is 1. The van der Waals surface area contributed by atoms with Gasteiger partial charge in [-0.2, -0.15) is 13.2 Å². The topological polar surface area (TPSA) is 107 Å². The van der Waals surface area contributed by atoms with Crippen molar-refractivity contribution in [2.24, 2.45) is 10.7 Å². The van der Waals surface area contributed by atoms with E-state index in [1.165, 1.54) is 0 Å². The largest absolute Gasteiger partial charge is 0.400 e. The van der Waals surface area contributed by atoms with Crippen LogP contribution in [0.3, 0.4) is 0 Å². The van der Waals surface area contributed by atoms with Crippen LogP contribution in [0.4, 0.5) is 23.7 Å². The molecule has 44 heavy (non-hydrogen) atoms. The Morgan fingerprint density at radius 2 is 1.70 bits per heavy atom. The number of hydrogen-bond acceptors (Lipinski definition) is 5. The number of nitrogens with zero attached hydrogens (tertiary/aromatic N) is 2. The normalized spacial score (nSPS) is 15.0. The van der Waals surface area contributed by atoms with Gasteiger partial charge in [-0.25, -0.2) is 4.79 Å². The van der Waals surface area contributed by atoms with Gasteiger partial charge >= 0.3 is 12.2 Å². The summed E-state index contributed by atoms with van der Waals surface area (Å²) in [5, 5.41) is 14.8. The zero-order chi connectivity index (χ0) is 33.9. The van der Waals surface area contributed by atoms with Crippen molar-refractivity contribution in [1.82, 2.24) is 15.5 Å². The molecule has 1 unspecified atom stereocenters. The Hall–Kier alpha value is -3.37. The number of aliphatic imine (C=N–C) groups is 1.